The SMILES string of the molecule is CN=C(NCC1(OC)CCOCC1)N1CCN(c2cccc(C)c2C)CC1. The molecule has 6 nitrogen and oxygen atoms in total. The third kappa shape index (κ3) is 4.55. The zero-order valence-corrected chi connectivity index (χ0v) is 17.3. The molecule has 2 saturated heterocycles. The van der Waals surface area contributed by atoms with Crippen LogP contribution in [0.5, 0.6) is 0 Å². The first-order valence-electron chi connectivity index (χ1n) is 9.98. The van der Waals surface area contributed by atoms with E-state index >= 15 is 0 Å². The Morgan fingerprint density at radius 3 is 2.52 bits per heavy atom. The maximum absolute atomic E-state index is 5.84. The second-order valence-corrected chi connectivity index (χ2v) is 7.59. The number of methoxy groups -OCH3 is 1. The fraction of sp³-hybridized carbons (Fsp3) is 0.667. The number of piperazine rings is 1. The predicted molar refractivity (Wildman–Crippen MR) is 111 cm³/mol. The van der Waals surface area contributed by atoms with Crippen LogP contribution in [0.2, 0.25) is 0 Å². The standard InChI is InChI=1S/C21H34N4O2/c1-17-6-5-7-19(18(17)2)24-10-12-25(13-11-24)20(22-3)23-16-21(26-4)8-14-27-15-9-21/h5-7H,8-16H2,1-4H3,(H,22,23). The number of aryl methyl sites for hydroxylation is 1. The van der Waals surface area contributed by atoms with Gasteiger partial charge in [-0.3, -0.25) is 4.99 Å². The Morgan fingerprint density at radius 2 is 1.89 bits per heavy atom. The Balaban J connectivity index is 1.56. The molecule has 0 unspecified atom stereocenters. The van der Waals surface area contributed by atoms with Crippen molar-refractivity contribution in [1.29, 1.82) is 0 Å². The minimum Gasteiger partial charge on any atom is -0.381 e. The summed E-state index contributed by atoms with van der Waals surface area (Å²) < 4.78 is 11.3. The summed E-state index contributed by atoms with van der Waals surface area (Å²) >= 11 is 0. The van der Waals surface area contributed by atoms with Gasteiger partial charge >= 0.3 is 0 Å². The Labute approximate surface area is 163 Å². The lowest BCUT2D eigenvalue weighted by Gasteiger charge is -2.40. The molecule has 27 heavy (non-hydrogen) atoms. The molecule has 2 aliphatic heterocycles. The molecule has 0 saturated carbocycles. The molecular weight excluding hydrogens is 340 g/mol. The Bertz CT molecular complexity index is 648. The van der Waals surface area contributed by atoms with Gasteiger partial charge in [-0.15, -0.1) is 0 Å². The highest BCUT2D eigenvalue weighted by Gasteiger charge is 2.33. The Kier molecular flexibility index (Phi) is 6.60. The molecule has 2 heterocycles. The summed E-state index contributed by atoms with van der Waals surface area (Å²) in [5.74, 6) is 0.971. The fourth-order valence-electron chi connectivity index (χ4n) is 4.01. The quantitative estimate of drug-likeness (QED) is 0.647. The lowest BCUT2D eigenvalue weighted by molar-refractivity contribution is -0.0857. The van der Waals surface area contributed by atoms with Crippen LogP contribution in [0.15, 0.2) is 23.2 Å². The molecule has 0 aromatic heterocycles. The van der Waals surface area contributed by atoms with Crippen LogP contribution in [-0.2, 0) is 9.47 Å². The Hall–Kier alpha value is -1.79. The van der Waals surface area contributed by atoms with Crippen LogP contribution in [0.1, 0.15) is 24.0 Å². The number of guanidine groups is 1. The summed E-state index contributed by atoms with van der Waals surface area (Å²) in [4.78, 5) is 9.36. The number of rotatable bonds is 4. The van der Waals surface area contributed by atoms with Gasteiger partial charge in [-0.2, -0.15) is 0 Å². The highest BCUT2D eigenvalue weighted by molar-refractivity contribution is 5.80. The zero-order valence-electron chi connectivity index (χ0n) is 17.3. The number of aliphatic imine (C=N–C) groups is 1. The normalized spacial score (nSPS) is 20.7. The van der Waals surface area contributed by atoms with Gasteiger partial charge in [0, 0.05) is 78.6 Å². The summed E-state index contributed by atoms with van der Waals surface area (Å²) in [6.07, 6.45) is 1.85. The average molecular weight is 375 g/mol. The Morgan fingerprint density at radius 1 is 1.19 bits per heavy atom. The van der Waals surface area contributed by atoms with Crippen molar-refractivity contribution in [2.24, 2.45) is 4.99 Å². The molecule has 0 atom stereocenters. The van der Waals surface area contributed by atoms with Gasteiger partial charge in [0.05, 0.1) is 5.60 Å². The van der Waals surface area contributed by atoms with E-state index in [4.69, 9.17) is 9.47 Å². The molecule has 6 heteroatoms. The van der Waals surface area contributed by atoms with Gasteiger partial charge in [-0.05, 0) is 31.0 Å². The molecule has 0 aliphatic carbocycles. The molecule has 0 bridgehead atoms. The molecule has 150 valence electrons. The van der Waals surface area contributed by atoms with Crippen molar-refractivity contribution in [3.8, 4) is 0 Å². The zero-order chi connectivity index (χ0) is 19.3. The monoisotopic (exact) mass is 374 g/mol. The van der Waals surface area contributed by atoms with Gasteiger partial charge in [0.2, 0.25) is 0 Å². The molecule has 1 aromatic carbocycles. The number of anilines is 1. The van der Waals surface area contributed by atoms with Crippen molar-refractivity contribution in [2.75, 3.05) is 65.0 Å². The number of nitrogens with zero attached hydrogens (tertiary/aromatic N) is 3. The van der Waals surface area contributed by atoms with Gasteiger partial charge < -0.3 is 24.6 Å². The average Bonchev–Trinajstić information content (AvgIpc) is 2.72. The lowest BCUT2D eigenvalue weighted by Crippen LogP contribution is -2.56. The highest BCUT2D eigenvalue weighted by Crippen LogP contribution is 2.25. The molecule has 0 spiro atoms. The summed E-state index contributed by atoms with van der Waals surface area (Å²) in [6.45, 7) is 10.7. The molecule has 3 rings (SSSR count). The van der Waals surface area contributed by atoms with Crippen molar-refractivity contribution in [3.63, 3.8) is 0 Å². The van der Waals surface area contributed by atoms with Crippen molar-refractivity contribution in [2.45, 2.75) is 32.3 Å². The van der Waals surface area contributed by atoms with Crippen LogP contribution < -0.4 is 10.2 Å². The highest BCUT2D eigenvalue weighted by atomic mass is 16.5. The topological polar surface area (TPSA) is 49.3 Å². The molecule has 0 radical (unpaired) electrons. The first-order chi connectivity index (χ1) is 13.1. The molecule has 2 aliphatic rings. The van der Waals surface area contributed by atoms with Gasteiger partial charge in [0.15, 0.2) is 5.96 Å². The van der Waals surface area contributed by atoms with Crippen molar-refractivity contribution in [3.05, 3.63) is 29.3 Å². The van der Waals surface area contributed by atoms with Crippen molar-refractivity contribution < 1.29 is 9.47 Å². The molecular formula is C21H34N4O2. The van der Waals surface area contributed by atoms with E-state index in [0.29, 0.717) is 0 Å². The van der Waals surface area contributed by atoms with Gasteiger partial charge in [-0.1, -0.05) is 12.1 Å². The summed E-state index contributed by atoms with van der Waals surface area (Å²) in [6, 6.07) is 6.57. The van der Waals surface area contributed by atoms with Crippen LogP contribution >= 0.6 is 0 Å². The number of nitrogens with one attached hydrogen (secondary N) is 1. The van der Waals surface area contributed by atoms with Gasteiger partial charge in [-0.25, -0.2) is 0 Å². The van der Waals surface area contributed by atoms with E-state index in [1.165, 1.54) is 16.8 Å². The van der Waals surface area contributed by atoms with E-state index in [2.05, 4.69) is 52.2 Å². The summed E-state index contributed by atoms with van der Waals surface area (Å²) in [5.41, 5.74) is 3.95. The van der Waals surface area contributed by atoms with Gasteiger partial charge in [0.25, 0.3) is 0 Å². The fourth-order valence-corrected chi connectivity index (χ4v) is 4.01. The van der Waals surface area contributed by atoms with Crippen molar-refractivity contribution >= 4 is 11.6 Å². The number of ether oxygens (including phenoxy) is 2. The predicted octanol–water partition coefficient (Wildman–Crippen LogP) is 2.20. The van der Waals surface area contributed by atoms with Crippen LogP contribution in [-0.4, -0.2) is 76.6 Å². The van der Waals surface area contributed by atoms with E-state index < -0.39 is 0 Å². The van der Waals surface area contributed by atoms with Crippen LogP contribution in [0.4, 0.5) is 5.69 Å². The number of hydrogen-bond donors (Lipinski definition) is 1. The van der Waals surface area contributed by atoms with E-state index in [1.807, 2.05) is 7.05 Å². The largest absolute Gasteiger partial charge is 0.381 e. The maximum Gasteiger partial charge on any atom is 0.193 e. The molecule has 1 N–H and O–H groups in total. The van der Waals surface area contributed by atoms with E-state index in [1.54, 1.807) is 7.11 Å². The van der Waals surface area contributed by atoms with Crippen LogP contribution in [0.25, 0.3) is 0 Å². The second kappa shape index (κ2) is 8.93. The van der Waals surface area contributed by atoms with E-state index in [9.17, 15) is 0 Å². The third-order valence-corrected chi connectivity index (χ3v) is 6.11. The molecule has 1 aromatic rings. The molecule has 2 fully saturated rings. The third-order valence-electron chi connectivity index (χ3n) is 6.11. The number of benzene rings is 1. The minimum atomic E-state index is -0.144. The van der Waals surface area contributed by atoms with E-state index in [0.717, 1.165) is 64.7 Å². The van der Waals surface area contributed by atoms with Crippen molar-refractivity contribution in [1.82, 2.24) is 10.2 Å². The second-order valence-electron chi connectivity index (χ2n) is 7.59. The smallest absolute Gasteiger partial charge is 0.193 e. The summed E-state index contributed by atoms with van der Waals surface area (Å²) in [5, 5.41) is 3.55. The van der Waals surface area contributed by atoms with Crippen LogP contribution in [0.3, 0.4) is 0 Å². The first kappa shape index (κ1) is 20.0. The maximum atomic E-state index is 5.84. The van der Waals surface area contributed by atoms with Crippen LogP contribution in [0, 0.1) is 13.8 Å². The lowest BCUT2D eigenvalue weighted by atomic mass is 9.94. The number of hydrogen-bond acceptors (Lipinski definition) is 4. The molecule has 0 amide bonds. The van der Waals surface area contributed by atoms with E-state index in [-0.39, 0.29) is 5.60 Å². The first-order valence-corrected chi connectivity index (χ1v) is 9.98. The summed E-state index contributed by atoms with van der Waals surface area (Å²) in [7, 11) is 3.67. The van der Waals surface area contributed by atoms with Gasteiger partial charge in [0.1, 0.15) is 0 Å². The minimum absolute atomic E-state index is 0.144.